The molecular weight excluding hydrogens is 444 g/mol. The summed E-state index contributed by atoms with van der Waals surface area (Å²) in [6, 6.07) is 8.93. The van der Waals surface area contributed by atoms with Gasteiger partial charge in [0, 0.05) is 66.0 Å². The van der Waals surface area contributed by atoms with Crippen molar-refractivity contribution in [2.75, 3.05) is 4.90 Å². The van der Waals surface area contributed by atoms with Crippen molar-refractivity contribution in [1.29, 1.82) is 5.26 Å². The van der Waals surface area contributed by atoms with Gasteiger partial charge in [0.2, 0.25) is 0 Å². The number of carbonyl (C=O) groups is 1. The number of nitriles is 1. The standard InChI is InChI=1S/C25H24N8O2/c1-31-13-18(12-28-31)16-6-22(24-17(9-26)11-29-32(24)14-16)15-2-5-23(27-10-15)33-20-3-4-21(33)8-19(7-20)30-25(34)35/h2,5-6,10-14,19-21,30H,3-4,7-8H2,1H3,(H,34,35)/t19-,20-,21+. The number of pyridine rings is 2. The quantitative estimate of drug-likeness (QED) is 0.470. The first-order valence-corrected chi connectivity index (χ1v) is 11.6. The number of amides is 1. The number of piperidine rings is 1. The van der Waals surface area contributed by atoms with E-state index in [1.165, 1.54) is 0 Å². The molecule has 2 bridgehead atoms. The van der Waals surface area contributed by atoms with Gasteiger partial charge in [0.15, 0.2) is 0 Å². The Bertz CT molecular complexity index is 1450. The predicted octanol–water partition coefficient (Wildman–Crippen LogP) is 3.44. The number of anilines is 1. The number of fused-ring (bicyclic) bond motifs is 3. The third-order valence-corrected chi connectivity index (χ3v) is 7.15. The molecule has 2 aliphatic rings. The van der Waals surface area contributed by atoms with Gasteiger partial charge < -0.3 is 15.3 Å². The molecule has 2 aliphatic heterocycles. The molecule has 35 heavy (non-hydrogen) atoms. The molecule has 0 spiro atoms. The van der Waals surface area contributed by atoms with Crippen molar-refractivity contribution in [1.82, 2.24) is 29.7 Å². The van der Waals surface area contributed by atoms with Gasteiger partial charge in [-0.05, 0) is 43.9 Å². The Morgan fingerprint density at radius 3 is 2.51 bits per heavy atom. The van der Waals surface area contributed by atoms with E-state index < -0.39 is 6.09 Å². The van der Waals surface area contributed by atoms with Gasteiger partial charge in [-0.25, -0.2) is 14.3 Å². The summed E-state index contributed by atoms with van der Waals surface area (Å²) in [5, 5.41) is 30.1. The van der Waals surface area contributed by atoms with Gasteiger partial charge in [0.05, 0.1) is 23.5 Å². The van der Waals surface area contributed by atoms with Crippen molar-refractivity contribution in [3.05, 3.63) is 54.7 Å². The van der Waals surface area contributed by atoms with Crippen LogP contribution in [0.15, 0.2) is 49.2 Å². The Balaban J connectivity index is 1.36. The first kappa shape index (κ1) is 21.2. The summed E-state index contributed by atoms with van der Waals surface area (Å²) in [7, 11) is 1.88. The lowest BCUT2D eigenvalue weighted by molar-refractivity contribution is 0.185. The van der Waals surface area contributed by atoms with Crippen molar-refractivity contribution in [3.63, 3.8) is 0 Å². The molecule has 0 radical (unpaired) electrons. The second-order valence-electron chi connectivity index (χ2n) is 9.32. The van der Waals surface area contributed by atoms with E-state index in [0.29, 0.717) is 5.56 Å². The fourth-order valence-electron chi connectivity index (χ4n) is 5.69. The third kappa shape index (κ3) is 3.65. The summed E-state index contributed by atoms with van der Waals surface area (Å²) in [6.07, 6.45) is 11.8. The Labute approximate surface area is 201 Å². The van der Waals surface area contributed by atoms with Gasteiger partial charge >= 0.3 is 6.09 Å². The predicted molar refractivity (Wildman–Crippen MR) is 129 cm³/mol. The van der Waals surface area contributed by atoms with E-state index >= 15 is 0 Å². The summed E-state index contributed by atoms with van der Waals surface area (Å²) >= 11 is 0. The number of hydrogen-bond acceptors (Lipinski definition) is 6. The van der Waals surface area contributed by atoms with Crippen LogP contribution in [0.3, 0.4) is 0 Å². The van der Waals surface area contributed by atoms with Crippen molar-refractivity contribution in [3.8, 4) is 28.3 Å². The van der Waals surface area contributed by atoms with Crippen LogP contribution in [0.1, 0.15) is 31.2 Å². The fourth-order valence-corrected chi connectivity index (χ4v) is 5.69. The average Bonchev–Trinajstić information content (AvgIpc) is 3.54. The zero-order valence-corrected chi connectivity index (χ0v) is 19.2. The second-order valence-corrected chi connectivity index (χ2v) is 9.32. The SMILES string of the molecule is Cn1cc(-c2cc(-c3ccc(N4[C@@H]5CC[C@H]4C[C@H](NC(=O)O)C5)nc3)c3c(C#N)cnn3c2)cn1. The first-order chi connectivity index (χ1) is 17.0. The average molecular weight is 469 g/mol. The molecule has 3 atom stereocenters. The maximum atomic E-state index is 11.1. The fraction of sp³-hybridized carbons (Fsp3) is 0.320. The van der Waals surface area contributed by atoms with E-state index in [-0.39, 0.29) is 18.1 Å². The molecule has 10 heteroatoms. The van der Waals surface area contributed by atoms with Crippen molar-refractivity contribution >= 4 is 17.4 Å². The highest BCUT2D eigenvalue weighted by molar-refractivity contribution is 5.87. The second kappa shape index (κ2) is 8.13. The van der Waals surface area contributed by atoms with Crippen LogP contribution in [0, 0.1) is 11.3 Å². The van der Waals surface area contributed by atoms with Gasteiger partial charge in [-0.2, -0.15) is 15.5 Å². The zero-order chi connectivity index (χ0) is 24.1. The van der Waals surface area contributed by atoms with Crippen LogP contribution in [0.25, 0.3) is 27.8 Å². The van der Waals surface area contributed by atoms with E-state index in [1.807, 2.05) is 37.8 Å². The third-order valence-electron chi connectivity index (χ3n) is 7.15. The number of hydrogen-bond donors (Lipinski definition) is 2. The molecule has 2 fully saturated rings. The lowest BCUT2D eigenvalue weighted by atomic mass is 9.97. The Morgan fingerprint density at radius 1 is 1.09 bits per heavy atom. The number of aryl methyl sites for hydroxylation is 1. The van der Waals surface area contributed by atoms with Crippen LogP contribution < -0.4 is 10.2 Å². The van der Waals surface area contributed by atoms with E-state index in [9.17, 15) is 10.1 Å². The zero-order valence-electron chi connectivity index (χ0n) is 19.2. The summed E-state index contributed by atoms with van der Waals surface area (Å²) in [6.45, 7) is 0. The smallest absolute Gasteiger partial charge is 0.404 e. The van der Waals surface area contributed by atoms with Gasteiger partial charge in [0.25, 0.3) is 0 Å². The number of aromatic nitrogens is 5. The van der Waals surface area contributed by atoms with Crippen molar-refractivity contribution < 1.29 is 9.90 Å². The molecule has 4 aromatic rings. The van der Waals surface area contributed by atoms with Gasteiger partial charge in [-0.3, -0.25) is 4.68 Å². The maximum absolute atomic E-state index is 11.1. The summed E-state index contributed by atoms with van der Waals surface area (Å²) in [5.41, 5.74) is 4.94. The van der Waals surface area contributed by atoms with Crippen LogP contribution in [0.4, 0.5) is 10.6 Å². The highest BCUT2D eigenvalue weighted by atomic mass is 16.4. The summed E-state index contributed by atoms with van der Waals surface area (Å²) in [5.74, 6) is 0.906. The normalized spacial score (nSPS) is 21.3. The van der Waals surface area contributed by atoms with Crippen molar-refractivity contribution in [2.45, 2.75) is 43.8 Å². The topological polar surface area (TPSA) is 124 Å². The molecule has 1 amide bonds. The van der Waals surface area contributed by atoms with E-state index in [2.05, 4.69) is 32.5 Å². The molecule has 4 aromatic heterocycles. The molecular formula is C25H24N8O2. The molecule has 6 rings (SSSR count). The van der Waals surface area contributed by atoms with E-state index in [0.717, 1.165) is 59.3 Å². The lowest BCUT2D eigenvalue weighted by Crippen LogP contribution is -2.50. The maximum Gasteiger partial charge on any atom is 0.404 e. The van der Waals surface area contributed by atoms with E-state index in [1.54, 1.807) is 21.6 Å². The van der Waals surface area contributed by atoms with Gasteiger partial charge in [0.1, 0.15) is 11.9 Å². The molecule has 176 valence electrons. The van der Waals surface area contributed by atoms with Gasteiger partial charge in [-0.1, -0.05) is 0 Å². The highest BCUT2D eigenvalue weighted by Gasteiger charge is 2.41. The Hall–Kier alpha value is -4.39. The Kier molecular flexibility index (Phi) is 4.91. The molecule has 6 heterocycles. The number of carboxylic acid groups (broad SMARTS) is 1. The molecule has 2 N–H and O–H groups in total. The molecule has 0 aromatic carbocycles. The van der Waals surface area contributed by atoms with Crippen LogP contribution in [-0.2, 0) is 7.05 Å². The van der Waals surface area contributed by atoms with Crippen LogP contribution >= 0.6 is 0 Å². The number of nitrogens with zero attached hydrogens (tertiary/aromatic N) is 7. The van der Waals surface area contributed by atoms with Crippen LogP contribution in [0.5, 0.6) is 0 Å². The minimum atomic E-state index is -0.957. The molecule has 10 nitrogen and oxygen atoms in total. The monoisotopic (exact) mass is 468 g/mol. The largest absolute Gasteiger partial charge is 0.465 e. The van der Waals surface area contributed by atoms with E-state index in [4.69, 9.17) is 10.1 Å². The van der Waals surface area contributed by atoms with Crippen LogP contribution in [-0.4, -0.2) is 53.7 Å². The first-order valence-electron chi connectivity index (χ1n) is 11.6. The van der Waals surface area contributed by atoms with Crippen LogP contribution in [0.2, 0.25) is 0 Å². The lowest BCUT2D eigenvalue weighted by Gasteiger charge is -2.39. The molecule has 2 saturated heterocycles. The molecule has 0 aliphatic carbocycles. The summed E-state index contributed by atoms with van der Waals surface area (Å²) < 4.78 is 3.49. The van der Waals surface area contributed by atoms with Crippen molar-refractivity contribution in [2.24, 2.45) is 7.05 Å². The molecule has 0 unspecified atom stereocenters. The molecule has 0 saturated carbocycles. The minimum Gasteiger partial charge on any atom is -0.465 e. The van der Waals surface area contributed by atoms with Gasteiger partial charge in [-0.15, -0.1) is 0 Å². The highest BCUT2D eigenvalue weighted by Crippen LogP contribution is 2.39. The minimum absolute atomic E-state index is 0.00436. The number of nitrogens with one attached hydrogen (secondary N) is 1. The summed E-state index contributed by atoms with van der Waals surface area (Å²) in [4.78, 5) is 18.3. The Morgan fingerprint density at radius 2 is 1.89 bits per heavy atom. The number of rotatable bonds is 4.